The maximum atomic E-state index is 14.4. The highest BCUT2D eigenvalue weighted by molar-refractivity contribution is 5.68. The number of hydrogen-bond acceptors (Lipinski definition) is 8. The van der Waals surface area contributed by atoms with E-state index in [-0.39, 0.29) is 30.0 Å². The van der Waals surface area contributed by atoms with E-state index in [1.54, 1.807) is 21.8 Å². The average molecular weight is 466 g/mol. The number of likely N-dealkylation sites (tertiary alicyclic amines) is 1. The highest BCUT2D eigenvalue weighted by Crippen LogP contribution is 2.39. The quantitative estimate of drug-likeness (QED) is 0.543. The molecule has 1 saturated carbocycles. The smallest absolute Gasteiger partial charge is 0.410 e. The van der Waals surface area contributed by atoms with Gasteiger partial charge in [0.1, 0.15) is 41.7 Å². The minimum absolute atomic E-state index is 0.00280. The van der Waals surface area contributed by atoms with Gasteiger partial charge in [0.25, 0.3) is 0 Å². The van der Waals surface area contributed by atoms with Crippen molar-refractivity contribution in [2.24, 2.45) is 0 Å². The van der Waals surface area contributed by atoms with Crippen LogP contribution in [0, 0.1) is 17.1 Å². The summed E-state index contributed by atoms with van der Waals surface area (Å²) in [6.07, 6.45) is 5.79. The van der Waals surface area contributed by atoms with E-state index >= 15 is 0 Å². The summed E-state index contributed by atoms with van der Waals surface area (Å²) in [5.41, 5.74) is 0.910. The molecule has 2 aromatic heterocycles. The molecule has 1 aromatic carbocycles. The van der Waals surface area contributed by atoms with E-state index in [0.29, 0.717) is 42.9 Å². The number of benzene rings is 1. The van der Waals surface area contributed by atoms with Crippen molar-refractivity contribution in [3.63, 3.8) is 0 Å². The fourth-order valence-corrected chi connectivity index (χ4v) is 3.95. The number of ether oxygens (including phenoxy) is 2. The van der Waals surface area contributed by atoms with Crippen LogP contribution in [0.1, 0.15) is 49.9 Å². The highest BCUT2D eigenvalue weighted by Gasteiger charge is 2.43. The molecule has 34 heavy (non-hydrogen) atoms. The van der Waals surface area contributed by atoms with Crippen LogP contribution in [-0.4, -0.2) is 59.7 Å². The zero-order chi connectivity index (χ0) is 23.7. The molecule has 0 spiro atoms. The summed E-state index contributed by atoms with van der Waals surface area (Å²) in [6.45, 7) is 3.10. The summed E-state index contributed by atoms with van der Waals surface area (Å²) >= 11 is 0. The molecule has 11 nitrogen and oxygen atoms in total. The largest absolute Gasteiger partial charge is 0.489 e. The number of aromatic nitrogens is 6. The van der Waals surface area contributed by atoms with Crippen molar-refractivity contribution in [1.29, 1.82) is 5.26 Å². The van der Waals surface area contributed by atoms with E-state index in [4.69, 9.17) is 9.47 Å². The van der Waals surface area contributed by atoms with Crippen LogP contribution >= 0.6 is 0 Å². The molecular formula is C22H23FN8O3. The first-order chi connectivity index (χ1) is 16.5. The minimum atomic E-state index is -0.540. The van der Waals surface area contributed by atoms with Gasteiger partial charge >= 0.3 is 6.09 Å². The molecule has 0 N–H and O–H groups in total. The molecule has 0 atom stereocenters. The lowest BCUT2D eigenvalue weighted by Crippen LogP contribution is -2.41. The van der Waals surface area contributed by atoms with E-state index in [0.717, 1.165) is 12.8 Å². The number of hydrogen-bond donors (Lipinski definition) is 0. The van der Waals surface area contributed by atoms with E-state index < -0.39 is 5.82 Å². The number of amides is 1. The Balaban J connectivity index is 1.20. The molecule has 5 rings (SSSR count). The van der Waals surface area contributed by atoms with E-state index in [1.165, 1.54) is 23.1 Å². The average Bonchev–Trinajstić information content (AvgIpc) is 3.21. The summed E-state index contributed by atoms with van der Waals surface area (Å²) in [7, 11) is 0. The van der Waals surface area contributed by atoms with Crippen molar-refractivity contribution >= 4 is 6.09 Å². The first-order valence-corrected chi connectivity index (χ1v) is 11.1. The molecule has 1 saturated heterocycles. The molecule has 3 aromatic rings. The Morgan fingerprint density at radius 1 is 1.32 bits per heavy atom. The normalized spacial score (nSPS) is 17.3. The van der Waals surface area contributed by atoms with Gasteiger partial charge in [-0.2, -0.15) is 15.0 Å². The number of halogens is 1. The van der Waals surface area contributed by atoms with Crippen LogP contribution in [0.5, 0.6) is 5.75 Å². The molecule has 2 fully saturated rings. The number of tetrazole rings is 1. The number of carbonyl (C=O) groups excluding carboxylic acids is 1. The van der Waals surface area contributed by atoms with Gasteiger partial charge in [0.2, 0.25) is 0 Å². The van der Waals surface area contributed by atoms with E-state index in [9.17, 15) is 14.4 Å². The lowest BCUT2D eigenvalue weighted by molar-refractivity contribution is 0.0489. The molecule has 0 unspecified atom stereocenters. The molecule has 1 aliphatic heterocycles. The molecule has 1 aliphatic carbocycles. The van der Waals surface area contributed by atoms with Gasteiger partial charge < -0.3 is 14.4 Å². The van der Waals surface area contributed by atoms with Crippen LogP contribution in [-0.2, 0) is 11.3 Å². The van der Waals surface area contributed by atoms with Crippen molar-refractivity contribution in [2.75, 3.05) is 13.1 Å². The molecule has 176 valence electrons. The predicted octanol–water partition coefficient (Wildman–Crippen LogP) is 2.77. The number of nitriles is 1. The Kier molecular flexibility index (Phi) is 5.61. The molecule has 0 bridgehead atoms. The van der Waals surface area contributed by atoms with E-state index in [2.05, 4.69) is 26.7 Å². The maximum absolute atomic E-state index is 14.4. The fraction of sp³-hybridized carbons (Fsp3) is 0.455. The second-order valence-corrected chi connectivity index (χ2v) is 8.77. The van der Waals surface area contributed by atoms with Gasteiger partial charge in [-0.1, -0.05) is 0 Å². The van der Waals surface area contributed by atoms with Crippen LogP contribution in [0.3, 0.4) is 0 Å². The summed E-state index contributed by atoms with van der Waals surface area (Å²) < 4.78 is 28.6. The van der Waals surface area contributed by atoms with Crippen molar-refractivity contribution in [3.05, 3.63) is 47.8 Å². The fourth-order valence-electron chi connectivity index (χ4n) is 3.95. The monoisotopic (exact) mass is 466 g/mol. The van der Waals surface area contributed by atoms with Gasteiger partial charge in [-0.25, -0.2) is 9.18 Å². The Morgan fingerprint density at radius 3 is 2.76 bits per heavy atom. The SMILES string of the molecule is CC1(OC(=O)N2CCC(n3ncc(COc4ccc(-n5cnnn5)c(F)c4)c3C#N)CC2)CC1. The lowest BCUT2D eigenvalue weighted by atomic mass is 10.1. The standard InChI is InChI=1S/C22H23FN8O3/c1-22(6-7-22)34-21(32)29-8-4-16(5-9-29)31-20(11-24)15(12-26-31)13-33-17-2-3-19(18(23)10-17)30-14-25-27-28-30/h2-3,10,12,14,16H,4-9,13H2,1H3. The van der Waals surface area contributed by atoms with Crippen LogP contribution in [0.15, 0.2) is 30.7 Å². The summed E-state index contributed by atoms with van der Waals surface area (Å²) in [5, 5.41) is 24.8. The molecule has 0 radical (unpaired) electrons. The van der Waals surface area contributed by atoms with Crippen molar-refractivity contribution in [1.82, 2.24) is 34.9 Å². The predicted molar refractivity (Wildman–Crippen MR) is 114 cm³/mol. The molecule has 1 amide bonds. The van der Waals surface area contributed by atoms with Gasteiger partial charge in [-0.15, -0.1) is 5.10 Å². The number of nitrogens with zero attached hydrogens (tertiary/aromatic N) is 8. The summed E-state index contributed by atoms with van der Waals surface area (Å²) in [5.74, 6) is -0.232. The molecule has 12 heteroatoms. The van der Waals surface area contributed by atoms with Crippen molar-refractivity contribution in [3.8, 4) is 17.5 Å². The zero-order valence-electron chi connectivity index (χ0n) is 18.6. The first-order valence-electron chi connectivity index (χ1n) is 11.1. The van der Waals surface area contributed by atoms with Gasteiger partial charge in [-0.05, 0) is 55.2 Å². The van der Waals surface area contributed by atoms with Gasteiger partial charge in [0, 0.05) is 24.7 Å². The Labute approximate surface area is 194 Å². The number of rotatable bonds is 6. The van der Waals surface area contributed by atoms with Gasteiger partial charge in [0.15, 0.2) is 5.82 Å². The second-order valence-electron chi connectivity index (χ2n) is 8.77. The van der Waals surface area contributed by atoms with E-state index in [1.807, 2.05) is 6.92 Å². The lowest BCUT2D eigenvalue weighted by Gasteiger charge is -2.32. The van der Waals surface area contributed by atoms with Crippen LogP contribution in [0.25, 0.3) is 5.69 Å². The molecule has 3 heterocycles. The summed E-state index contributed by atoms with van der Waals surface area (Å²) in [6, 6.07) is 6.56. The van der Waals surface area contributed by atoms with Crippen LogP contribution < -0.4 is 4.74 Å². The van der Waals surface area contributed by atoms with Gasteiger partial charge in [-0.3, -0.25) is 4.68 Å². The minimum Gasteiger partial charge on any atom is -0.489 e. The third kappa shape index (κ3) is 4.41. The second kappa shape index (κ2) is 8.74. The third-order valence-electron chi connectivity index (χ3n) is 6.24. The number of carbonyl (C=O) groups is 1. The topological polar surface area (TPSA) is 124 Å². The van der Waals surface area contributed by atoms with Crippen LogP contribution in [0.4, 0.5) is 9.18 Å². The summed E-state index contributed by atoms with van der Waals surface area (Å²) in [4.78, 5) is 14.0. The Hall–Kier alpha value is -4.01. The Bertz CT molecular complexity index is 1220. The molecule has 2 aliphatic rings. The third-order valence-corrected chi connectivity index (χ3v) is 6.24. The highest BCUT2D eigenvalue weighted by atomic mass is 19.1. The first kappa shape index (κ1) is 21.8. The zero-order valence-corrected chi connectivity index (χ0v) is 18.6. The van der Waals surface area contributed by atoms with Crippen LogP contribution in [0.2, 0.25) is 0 Å². The maximum Gasteiger partial charge on any atom is 0.410 e. The Morgan fingerprint density at radius 2 is 2.12 bits per heavy atom. The van der Waals surface area contributed by atoms with Crippen molar-refractivity contribution in [2.45, 2.75) is 50.9 Å². The molecular weight excluding hydrogens is 443 g/mol. The number of piperidine rings is 1. The van der Waals surface area contributed by atoms with Crippen molar-refractivity contribution < 1.29 is 18.7 Å². The van der Waals surface area contributed by atoms with Gasteiger partial charge in [0.05, 0.1) is 12.2 Å².